The molecule has 1 fully saturated rings. The van der Waals surface area contributed by atoms with Crippen LogP contribution in [-0.4, -0.2) is 31.3 Å². The van der Waals surface area contributed by atoms with Crippen molar-refractivity contribution < 1.29 is 9.53 Å². The summed E-state index contributed by atoms with van der Waals surface area (Å²) in [4.78, 5) is 11.2. The molecule has 2 atom stereocenters. The zero-order chi connectivity index (χ0) is 9.68. The van der Waals surface area contributed by atoms with Gasteiger partial charge in [-0.2, -0.15) is 0 Å². The van der Waals surface area contributed by atoms with E-state index in [2.05, 4.69) is 16.6 Å². The lowest BCUT2D eigenvalue weighted by Gasteiger charge is -2.13. The third-order valence-electron chi connectivity index (χ3n) is 1.86. The Kier molecular flexibility index (Phi) is 3.59. The minimum Gasteiger partial charge on any atom is -0.379 e. The van der Waals surface area contributed by atoms with Crippen LogP contribution in [0.2, 0.25) is 0 Å². The Balaban J connectivity index is 2.21. The minimum atomic E-state index is -0.234. The highest BCUT2D eigenvalue weighted by Gasteiger charge is 2.17. The summed E-state index contributed by atoms with van der Waals surface area (Å²) in [6.07, 6.45) is 5.98. The predicted molar refractivity (Wildman–Crippen MR) is 49.2 cm³/mol. The first kappa shape index (κ1) is 9.87. The van der Waals surface area contributed by atoms with E-state index >= 15 is 0 Å². The quantitative estimate of drug-likeness (QED) is 0.595. The zero-order valence-electron chi connectivity index (χ0n) is 7.67. The number of amides is 2. The molecule has 0 spiro atoms. The topological polar surface area (TPSA) is 50.4 Å². The maximum atomic E-state index is 11.2. The molecule has 2 unspecified atom stereocenters. The Morgan fingerprint density at radius 2 is 2.54 bits per heavy atom. The van der Waals surface area contributed by atoms with Gasteiger partial charge in [-0.25, -0.2) is 4.79 Å². The van der Waals surface area contributed by atoms with Crippen molar-refractivity contribution in [3.63, 3.8) is 0 Å². The molecule has 1 rings (SSSR count). The second kappa shape index (κ2) is 4.73. The van der Waals surface area contributed by atoms with Crippen molar-refractivity contribution in [3.8, 4) is 12.3 Å². The van der Waals surface area contributed by atoms with Crippen molar-refractivity contribution in [1.29, 1.82) is 0 Å². The van der Waals surface area contributed by atoms with Gasteiger partial charge < -0.3 is 15.4 Å². The Labute approximate surface area is 78.0 Å². The average molecular weight is 182 g/mol. The summed E-state index contributed by atoms with van der Waals surface area (Å²) in [5, 5.41) is 5.39. The van der Waals surface area contributed by atoms with Crippen molar-refractivity contribution in [2.24, 2.45) is 0 Å². The summed E-state index contributed by atoms with van der Waals surface area (Å²) in [5.41, 5.74) is 0. The van der Waals surface area contributed by atoms with Crippen LogP contribution in [0, 0.1) is 12.3 Å². The van der Waals surface area contributed by atoms with Crippen molar-refractivity contribution >= 4 is 6.03 Å². The Hall–Kier alpha value is -1.21. The Bertz CT molecular complexity index is 216. The summed E-state index contributed by atoms with van der Waals surface area (Å²) < 4.78 is 5.11. The van der Waals surface area contributed by atoms with Crippen LogP contribution in [0.4, 0.5) is 4.79 Å². The number of hydrogen-bond acceptors (Lipinski definition) is 2. The van der Waals surface area contributed by atoms with Crippen LogP contribution < -0.4 is 10.6 Å². The van der Waals surface area contributed by atoms with Crippen LogP contribution in [0.1, 0.15) is 13.3 Å². The number of urea groups is 1. The van der Waals surface area contributed by atoms with E-state index in [9.17, 15) is 4.79 Å². The van der Waals surface area contributed by atoms with Gasteiger partial charge in [0.2, 0.25) is 0 Å². The fourth-order valence-electron chi connectivity index (χ4n) is 1.11. The highest BCUT2D eigenvalue weighted by atomic mass is 16.5. The highest BCUT2D eigenvalue weighted by molar-refractivity contribution is 5.74. The largest absolute Gasteiger partial charge is 0.379 e. The van der Waals surface area contributed by atoms with E-state index in [0.717, 1.165) is 13.0 Å². The normalized spacial score (nSPS) is 23.2. The first-order chi connectivity index (χ1) is 6.22. The SMILES string of the molecule is C#CC(C)NC(=O)NC1CCOC1. The molecule has 0 aromatic carbocycles. The van der Waals surface area contributed by atoms with Crippen LogP contribution in [-0.2, 0) is 4.74 Å². The van der Waals surface area contributed by atoms with E-state index in [1.807, 2.05) is 0 Å². The Morgan fingerprint density at radius 1 is 1.77 bits per heavy atom. The van der Waals surface area contributed by atoms with Crippen LogP contribution in [0.3, 0.4) is 0 Å². The molecule has 2 N–H and O–H groups in total. The first-order valence-corrected chi connectivity index (χ1v) is 4.33. The van der Waals surface area contributed by atoms with Crippen molar-refractivity contribution in [1.82, 2.24) is 10.6 Å². The van der Waals surface area contributed by atoms with Crippen molar-refractivity contribution in [2.45, 2.75) is 25.4 Å². The highest BCUT2D eigenvalue weighted by Crippen LogP contribution is 2.02. The van der Waals surface area contributed by atoms with Gasteiger partial charge in [0.25, 0.3) is 0 Å². The second-order valence-corrected chi connectivity index (χ2v) is 3.07. The number of nitrogens with one attached hydrogen (secondary N) is 2. The molecule has 0 radical (unpaired) electrons. The van der Waals surface area contributed by atoms with Crippen LogP contribution in [0.15, 0.2) is 0 Å². The number of terminal acetylenes is 1. The zero-order valence-corrected chi connectivity index (χ0v) is 7.67. The number of rotatable bonds is 2. The number of hydrogen-bond donors (Lipinski definition) is 2. The summed E-state index contributed by atoms with van der Waals surface area (Å²) in [6, 6.07) is -0.326. The number of ether oxygens (including phenoxy) is 1. The summed E-state index contributed by atoms with van der Waals surface area (Å²) in [7, 11) is 0. The van der Waals surface area contributed by atoms with Gasteiger partial charge in [-0.05, 0) is 13.3 Å². The molecule has 1 aliphatic rings. The van der Waals surface area contributed by atoms with E-state index in [0.29, 0.717) is 6.61 Å². The van der Waals surface area contributed by atoms with Gasteiger partial charge in [0.1, 0.15) is 0 Å². The van der Waals surface area contributed by atoms with Gasteiger partial charge in [0, 0.05) is 6.61 Å². The smallest absolute Gasteiger partial charge is 0.316 e. The third kappa shape index (κ3) is 3.34. The lowest BCUT2D eigenvalue weighted by atomic mass is 10.3. The van der Waals surface area contributed by atoms with Crippen molar-refractivity contribution in [3.05, 3.63) is 0 Å². The molecule has 1 saturated heterocycles. The maximum absolute atomic E-state index is 11.2. The lowest BCUT2D eigenvalue weighted by molar-refractivity contribution is 0.188. The number of carbonyl (C=O) groups excluding carboxylic acids is 1. The van der Waals surface area contributed by atoms with Crippen LogP contribution in [0.5, 0.6) is 0 Å². The van der Waals surface area contributed by atoms with E-state index in [1.54, 1.807) is 6.92 Å². The third-order valence-corrected chi connectivity index (χ3v) is 1.86. The molecule has 72 valence electrons. The fourth-order valence-corrected chi connectivity index (χ4v) is 1.11. The maximum Gasteiger partial charge on any atom is 0.316 e. The first-order valence-electron chi connectivity index (χ1n) is 4.33. The predicted octanol–water partition coefficient (Wildman–Crippen LogP) is 0.0962. The molecule has 0 aromatic rings. The van der Waals surface area contributed by atoms with Gasteiger partial charge in [-0.1, -0.05) is 5.92 Å². The molecule has 0 bridgehead atoms. The van der Waals surface area contributed by atoms with Gasteiger partial charge >= 0.3 is 6.03 Å². The van der Waals surface area contributed by atoms with E-state index < -0.39 is 0 Å². The summed E-state index contributed by atoms with van der Waals surface area (Å²) in [5.74, 6) is 2.42. The molecular weight excluding hydrogens is 168 g/mol. The molecule has 4 nitrogen and oxygen atoms in total. The second-order valence-electron chi connectivity index (χ2n) is 3.07. The van der Waals surface area contributed by atoms with E-state index in [-0.39, 0.29) is 18.1 Å². The molecule has 2 amide bonds. The van der Waals surface area contributed by atoms with E-state index in [1.165, 1.54) is 0 Å². The molecular formula is C9H14N2O2. The monoisotopic (exact) mass is 182 g/mol. The van der Waals surface area contributed by atoms with Gasteiger partial charge in [0.05, 0.1) is 18.7 Å². The molecule has 1 aliphatic heterocycles. The fraction of sp³-hybridized carbons (Fsp3) is 0.667. The summed E-state index contributed by atoms with van der Waals surface area (Å²) >= 11 is 0. The molecule has 0 aliphatic carbocycles. The lowest BCUT2D eigenvalue weighted by Crippen LogP contribution is -2.45. The minimum absolute atomic E-state index is 0.130. The standard InChI is InChI=1S/C9H14N2O2/c1-3-7(2)10-9(12)11-8-4-5-13-6-8/h1,7-8H,4-6H2,2H3,(H2,10,11,12). The Morgan fingerprint density at radius 3 is 3.08 bits per heavy atom. The van der Waals surface area contributed by atoms with Gasteiger partial charge in [-0.3, -0.25) is 0 Å². The summed E-state index contributed by atoms with van der Waals surface area (Å²) in [6.45, 7) is 3.07. The van der Waals surface area contributed by atoms with Crippen LogP contribution >= 0.6 is 0 Å². The number of carbonyl (C=O) groups is 1. The van der Waals surface area contributed by atoms with Crippen LogP contribution in [0.25, 0.3) is 0 Å². The molecule has 13 heavy (non-hydrogen) atoms. The molecule has 1 heterocycles. The molecule has 0 saturated carbocycles. The van der Waals surface area contributed by atoms with E-state index in [4.69, 9.17) is 11.2 Å². The molecule has 4 heteroatoms. The van der Waals surface area contributed by atoms with Crippen molar-refractivity contribution in [2.75, 3.05) is 13.2 Å². The van der Waals surface area contributed by atoms with Gasteiger partial charge in [-0.15, -0.1) is 6.42 Å². The average Bonchev–Trinajstić information content (AvgIpc) is 2.56. The molecule has 0 aromatic heterocycles. The van der Waals surface area contributed by atoms with Gasteiger partial charge in [0.15, 0.2) is 0 Å².